The first-order valence-electron chi connectivity index (χ1n) is 5.65. The van der Waals surface area contributed by atoms with Crippen LogP contribution in [0.5, 0.6) is 0 Å². The van der Waals surface area contributed by atoms with Crippen molar-refractivity contribution in [2.24, 2.45) is 7.05 Å². The highest BCUT2D eigenvalue weighted by Crippen LogP contribution is 2.21. The molecule has 17 heavy (non-hydrogen) atoms. The number of pyridine rings is 1. The number of imidazole rings is 2. The molecule has 3 heterocycles. The summed E-state index contributed by atoms with van der Waals surface area (Å²) in [6.45, 7) is 4.13. The third-order valence-electron chi connectivity index (χ3n) is 3.10. The summed E-state index contributed by atoms with van der Waals surface area (Å²) in [4.78, 5) is 8.84. The molecule has 0 spiro atoms. The molecule has 0 amide bonds. The topological polar surface area (TPSA) is 35.1 Å². The van der Waals surface area contributed by atoms with Crippen LogP contribution in [-0.2, 0) is 7.05 Å². The molecule has 0 aliphatic carbocycles. The van der Waals surface area contributed by atoms with Crippen LogP contribution >= 0.6 is 0 Å². The van der Waals surface area contributed by atoms with Crippen LogP contribution < -0.4 is 0 Å². The van der Waals surface area contributed by atoms with Crippen LogP contribution in [0.3, 0.4) is 0 Å². The van der Waals surface area contributed by atoms with Gasteiger partial charge in [-0.05, 0) is 32.1 Å². The summed E-state index contributed by atoms with van der Waals surface area (Å²) in [6, 6.07) is 3.99. The van der Waals surface area contributed by atoms with Crippen LogP contribution in [0.4, 0.5) is 0 Å². The maximum Gasteiger partial charge on any atom is 0.216 e. The Hall–Kier alpha value is -2.10. The number of aryl methyl sites for hydroxylation is 2. The Morgan fingerprint density at radius 2 is 2.18 bits per heavy atom. The molecule has 0 atom stereocenters. The predicted molar refractivity (Wildman–Crippen MR) is 68.9 cm³/mol. The lowest BCUT2D eigenvalue weighted by atomic mass is 10.3. The van der Waals surface area contributed by atoms with Gasteiger partial charge in [-0.25, -0.2) is 4.98 Å². The SMILES string of the molecule is C/C=C\c1c(C)n2c3cccnc3nc2n1C. The second kappa shape index (κ2) is 3.45. The summed E-state index contributed by atoms with van der Waals surface area (Å²) >= 11 is 0. The van der Waals surface area contributed by atoms with Gasteiger partial charge >= 0.3 is 0 Å². The molecule has 3 rings (SSSR count). The molecule has 0 saturated heterocycles. The van der Waals surface area contributed by atoms with E-state index >= 15 is 0 Å². The van der Waals surface area contributed by atoms with Crippen molar-refractivity contribution in [3.8, 4) is 0 Å². The van der Waals surface area contributed by atoms with Gasteiger partial charge in [0, 0.05) is 18.9 Å². The molecule has 0 aliphatic rings. The molecule has 4 nitrogen and oxygen atoms in total. The first-order valence-corrected chi connectivity index (χ1v) is 5.65. The molecule has 0 aliphatic heterocycles. The first-order chi connectivity index (χ1) is 8.24. The predicted octanol–water partition coefficient (Wildman–Crippen LogP) is 2.56. The van der Waals surface area contributed by atoms with Crippen molar-refractivity contribution in [3.63, 3.8) is 0 Å². The van der Waals surface area contributed by atoms with Crippen LogP contribution in [0.1, 0.15) is 18.3 Å². The first kappa shape index (κ1) is 10.1. The van der Waals surface area contributed by atoms with E-state index in [-0.39, 0.29) is 0 Å². The van der Waals surface area contributed by atoms with Gasteiger partial charge in [-0.1, -0.05) is 6.08 Å². The minimum atomic E-state index is 0.799. The highest BCUT2D eigenvalue weighted by molar-refractivity contribution is 5.77. The molecule has 4 heteroatoms. The molecule has 0 aromatic carbocycles. The van der Waals surface area contributed by atoms with Crippen LogP contribution in [0.15, 0.2) is 24.4 Å². The maximum absolute atomic E-state index is 4.56. The summed E-state index contributed by atoms with van der Waals surface area (Å²) in [6.07, 6.45) is 5.92. The molecule has 86 valence electrons. The normalized spacial score (nSPS) is 12.2. The minimum absolute atomic E-state index is 0.799. The lowest BCUT2D eigenvalue weighted by Crippen LogP contribution is -1.92. The van der Waals surface area contributed by atoms with Gasteiger partial charge in [0.1, 0.15) is 0 Å². The number of hydrogen-bond acceptors (Lipinski definition) is 2. The number of aromatic nitrogens is 4. The molecule has 0 fully saturated rings. The molecule has 3 aromatic heterocycles. The van der Waals surface area contributed by atoms with Crippen molar-refractivity contribution in [2.45, 2.75) is 13.8 Å². The zero-order chi connectivity index (χ0) is 12.0. The highest BCUT2D eigenvalue weighted by Gasteiger charge is 2.14. The summed E-state index contributed by atoms with van der Waals surface area (Å²) in [5, 5.41) is 0. The Balaban J connectivity index is 2.52. The third kappa shape index (κ3) is 1.24. The standard InChI is InChI=1S/C13H14N4/c1-4-6-10-9(2)17-11-7-5-8-14-12(11)15-13(17)16(10)3/h4-8H,1-3H3/b6-4-. The number of fused-ring (bicyclic) bond motifs is 3. The van der Waals surface area contributed by atoms with Crippen molar-refractivity contribution in [1.82, 2.24) is 18.9 Å². The van der Waals surface area contributed by atoms with Gasteiger partial charge in [-0.15, -0.1) is 0 Å². The monoisotopic (exact) mass is 226 g/mol. The average molecular weight is 226 g/mol. The van der Waals surface area contributed by atoms with E-state index in [4.69, 9.17) is 0 Å². The van der Waals surface area contributed by atoms with Crippen molar-refractivity contribution in [1.29, 1.82) is 0 Å². The summed E-state index contributed by atoms with van der Waals surface area (Å²) in [7, 11) is 2.03. The molecule has 0 unspecified atom stereocenters. The van der Waals surface area contributed by atoms with Gasteiger partial charge in [0.25, 0.3) is 0 Å². The average Bonchev–Trinajstić information content (AvgIpc) is 2.82. The van der Waals surface area contributed by atoms with Gasteiger partial charge in [-0.3, -0.25) is 4.40 Å². The van der Waals surface area contributed by atoms with Gasteiger partial charge in [0.05, 0.1) is 11.2 Å². The fraction of sp³-hybridized carbons (Fsp3) is 0.231. The molecular formula is C13H14N4. The Bertz CT molecular complexity index is 731. The number of hydrogen-bond donors (Lipinski definition) is 0. The maximum atomic E-state index is 4.56. The number of rotatable bonds is 1. The van der Waals surface area contributed by atoms with E-state index in [9.17, 15) is 0 Å². The lowest BCUT2D eigenvalue weighted by molar-refractivity contribution is 0.927. The van der Waals surface area contributed by atoms with Gasteiger partial charge in [0.15, 0.2) is 5.65 Å². The molecule has 0 bridgehead atoms. The quantitative estimate of drug-likeness (QED) is 0.639. The minimum Gasteiger partial charge on any atom is -0.313 e. The molecular weight excluding hydrogens is 212 g/mol. The van der Waals surface area contributed by atoms with Crippen molar-refractivity contribution in [2.75, 3.05) is 0 Å². The van der Waals surface area contributed by atoms with E-state index in [1.165, 1.54) is 11.4 Å². The summed E-state index contributed by atoms with van der Waals surface area (Å²) < 4.78 is 4.24. The largest absolute Gasteiger partial charge is 0.313 e. The Morgan fingerprint density at radius 3 is 2.94 bits per heavy atom. The van der Waals surface area contributed by atoms with E-state index in [1.54, 1.807) is 6.20 Å². The fourth-order valence-corrected chi connectivity index (χ4v) is 2.31. The lowest BCUT2D eigenvalue weighted by Gasteiger charge is -1.97. The van der Waals surface area contributed by atoms with Crippen LogP contribution in [0.2, 0.25) is 0 Å². The smallest absolute Gasteiger partial charge is 0.216 e. The van der Waals surface area contributed by atoms with E-state index in [0.717, 1.165) is 16.9 Å². The van der Waals surface area contributed by atoms with E-state index in [2.05, 4.69) is 38.0 Å². The van der Waals surface area contributed by atoms with E-state index in [1.807, 2.05) is 26.1 Å². The second-order valence-electron chi connectivity index (χ2n) is 4.12. The zero-order valence-corrected chi connectivity index (χ0v) is 10.2. The van der Waals surface area contributed by atoms with Crippen LogP contribution in [0.25, 0.3) is 23.0 Å². The summed E-state index contributed by atoms with van der Waals surface area (Å²) in [5.41, 5.74) is 4.23. The van der Waals surface area contributed by atoms with Crippen molar-refractivity contribution in [3.05, 3.63) is 35.8 Å². The van der Waals surface area contributed by atoms with Crippen LogP contribution in [-0.4, -0.2) is 18.9 Å². The highest BCUT2D eigenvalue weighted by atomic mass is 15.2. The van der Waals surface area contributed by atoms with Crippen molar-refractivity contribution >= 4 is 23.0 Å². The second-order valence-corrected chi connectivity index (χ2v) is 4.12. The number of allylic oxidation sites excluding steroid dienone is 1. The van der Waals surface area contributed by atoms with Gasteiger partial charge in [0.2, 0.25) is 5.78 Å². The van der Waals surface area contributed by atoms with E-state index < -0.39 is 0 Å². The van der Waals surface area contributed by atoms with Crippen LogP contribution in [0, 0.1) is 6.92 Å². The van der Waals surface area contributed by atoms with Crippen molar-refractivity contribution < 1.29 is 0 Å². The Morgan fingerprint density at radius 1 is 1.35 bits per heavy atom. The zero-order valence-electron chi connectivity index (χ0n) is 10.2. The summed E-state index contributed by atoms with van der Waals surface area (Å²) in [5.74, 6) is 0.935. The van der Waals surface area contributed by atoms with Gasteiger partial charge < -0.3 is 4.57 Å². The molecule has 0 saturated carbocycles. The Labute approximate surface area is 99.2 Å². The number of nitrogens with zero attached hydrogens (tertiary/aromatic N) is 4. The third-order valence-corrected chi connectivity index (χ3v) is 3.10. The Kier molecular flexibility index (Phi) is 2.04. The van der Waals surface area contributed by atoms with Gasteiger partial charge in [-0.2, -0.15) is 4.98 Å². The molecule has 0 N–H and O–H groups in total. The molecule has 0 radical (unpaired) electrons. The fourth-order valence-electron chi connectivity index (χ4n) is 2.31. The molecule has 3 aromatic rings. The van der Waals surface area contributed by atoms with E-state index in [0.29, 0.717) is 0 Å².